The minimum absolute atomic E-state index is 0.0148. The number of amides is 1. The van der Waals surface area contributed by atoms with Crippen LogP contribution in [0.15, 0.2) is 60.9 Å². The molecule has 0 radical (unpaired) electrons. The summed E-state index contributed by atoms with van der Waals surface area (Å²) in [5.74, 6) is 1.37. The lowest BCUT2D eigenvalue weighted by Crippen LogP contribution is -2.40. The van der Waals surface area contributed by atoms with Gasteiger partial charge < -0.3 is 15.0 Å². The van der Waals surface area contributed by atoms with Crippen molar-refractivity contribution in [3.63, 3.8) is 0 Å². The van der Waals surface area contributed by atoms with Gasteiger partial charge in [0, 0.05) is 37.2 Å². The average molecular weight is 420 g/mol. The van der Waals surface area contributed by atoms with E-state index in [4.69, 9.17) is 4.74 Å². The zero-order valence-electron chi connectivity index (χ0n) is 17.4. The van der Waals surface area contributed by atoms with Gasteiger partial charge in [0.25, 0.3) is 0 Å². The van der Waals surface area contributed by atoms with Crippen LogP contribution in [-0.4, -0.2) is 36.1 Å². The van der Waals surface area contributed by atoms with Crippen LogP contribution in [0.2, 0.25) is 0 Å². The zero-order valence-corrected chi connectivity index (χ0v) is 17.4. The highest BCUT2D eigenvalue weighted by molar-refractivity contribution is 5.79. The Bertz CT molecular complexity index is 1030. The molecule has 0 spiro atoms. The molecule has 160 valence electrons. The maximum Gasteiger partial charge on any atom is 0.223 e. The maximum atomic E-state index is 13.5. The Kier molecular flexibility index (Phi) is 6.40. The van der Waals surface area contributed by atoms with Crippen molar-refractivity contribution in [2.45, 2.75) is 19.4 Å². The molecule has 0 bridgehead atoms. The molecule has 1 aliphatic rings. The van der Waals surface area contributed by atoms with Crippen LogP contribution in [-0.2, 0) is 11.3 Å². The van der Waals surface area contributed by atoms with Crippen LogP contribution in [0.25, 0.3) is 11.3 Å². The Labute approximate surface area is 181 Å². The molecule has 31 heavy (non-hydrogen) atoms. The fourth-order valence-electron chi connectivity index (χ4n) is 3.77. The lowest BCUT2D eigenvalue weighted by molar-refractivity contribution is -0.125. The van der Waals surface area contributed by atoms with Crippen molar-refractivity contribution in [2.75, 3.05) is 25.1 Å². The molecule has 0 saturated carbocycles. The molecule has 1 amide bonds. The Balaban J connectivity index is 1.32. The first kappa shape index (κ1) is 20.8. The Hall–Kier alpha value is -3.48. The van der Waals surface area contributed by atoms with Gasteiger partial charge in [-0.05, 0) is 42.7 Å². The third kappa shape index (κ3) is 5.17. The second kappa shape index (κ2) is 9.55. The van der Waals surface area contributed by atoms with Crippen LogP contribution in [0.4, 0.5) is 10.2 Å². The quantitative estimate of drug-likeness (QED) is 0.657. The first-order valence-electron chi connectivity index (χ1n) is 10.4. The lowest BCUT2D eigenvalue weighted by Gasteiger charge is -2.32. The molecule has 1 aliphatic heterocycles. The summed E-state index contributed by atoms with van der Waals surface area (Å²) >= 11 is 0. The van der Waals surface area contributed by atoms with E-state index in [1.54, 1.807) is 13.2 Å². The Morgan fingerprint density at radius 2 is 1.90 bits per heavy atom. The number of hydrogen-bond donors (Lipinski definition) is 1. The molecule has 4 rings (SSSR count). The summed E-state index contributed by atoms with van der Waals surface area (Å²) in [6.07, 6.45) is 3.02. The first-order valence-corrected chi connectivity index (χ1v) is 10.4. The van der Waals surface area contributed by atoms with E-state index < -0.39 is 0 Å². The number of carbonyl (C=O) groups excluding carboxylic acids is 1. The second-order valence-corrected chi connectivity index (χ2v) is 7.60. The summed E-state index contributed by atoms with van der Waals surface area (Å²) in [6, 6.07) is 15.9. The van der Waals surface area contributed by atoms with Gasteiger partial charge >= 0.3 is 0 Å². The van der Waals surface area contributed by atoms with Crippen molar-refractivity contribution in [2.24, 2.45) is 5.92 Å². The Morgan fingerprint density at radius 3 is 2.61 bits per heavy atom. The number of piperidine rings is 1. The third-order valence-corrected chi connectivity index (χ3v) is 5.59. The number of benzene rings is 2. The highest BCUT2D eigenvalue weighted by atomic mass is 19.1. The van der Waals surface area contributed by atoms with E-state index in [1.807, 2.05) is 36.4 Å². The number of nitrogens with one attached hydrogen (secondary N) is 1. The molecular weight excluding hydrogens is 395 g/mol. The van der Waals surface area contributed by atoms with Crippen molar-refractivity contribution in [1.29, 1.82) is 0 Å². The summed E-state index contributed by atoms with van der Waals surface area (Å²) in [6.45, 7) is 1.98. The topological polar surface area (TPSA) is 67.3 Å². The predicted molar refractivity (Wildman–Crippen MR) is 117 cm³/mol. The van der Waals surface area contributed by atoms with E-state index in [0.29, 0.717) is 12.2 Å². The standard InChI is InChI=1S/C24H25FN4O2/c1-31-21-7-5-17(6-8-21)15-26-24(30)18-9-11-29(12-10-18)23-14-22(27-16-28-23)19-3-2-4-20(25)13-19/h2-8,13-14,16,18H,9-12,15H2,1H3,(H,26,30). The normalized spacial score (nSPS) is 14.3. The maximum absolute atomic E-state index is 13.5. The second-order valence-electron chi connectivity index (χ2n) is 7.60. The van der Waals surface area contributed by atoms with Crippen LogP contribution in [0.1, 0.15) is 18.4 Å². The zero-order chi connectivity index (χ0) is 21.6. The molecule has 6 nitrogen and oxygen atoms in total. The van der Waals surface area contributed by atoms with Crippen LogP contribution in [0, 0.1) is 11.7 Å². The summed E-state index contributed by atoms with van der Waals surface area (Å²) in [4.78, 5) is 23.4. The van der Waals surface area contributed by atoms with Crippen molar-refractivity contribution in [3.8, 4) is 17.0 Å². The van der Waals surface area contributed by atoms with Gasteiger partial charge in [-0.25, -0.2) is 14.4 Å². The van der Waals surface area contributed by atoms with E-state index in [2.05, 4.69) is 20.2 Å². The van der Waals surface area contributed by atoms with E-state index in [-0.39, 0.29) is 17.6 Å². The number of halogens is 1. The van der Waals surface area contributed by atoms with E-state index in [0.717, 1.165) is 48.6 Å². The number of anilines is 1. The van der Waals surface area contributed by atoms with Crippen molar-refractivity contribution >= 4 is 11.7 Å². The molecular formula is C24H25FN4O2. The molecule has 7 heteroatoms. The van der Waals surface area contributed by atoms with E-state index >= 15 is 0 Å². The number of carbonyl (C=O) groups is 1. The average Bonchev–Trinajstić information content (AvgIpc) is 2.83. The van der Waals surface area contributed by atoms with Crippen LogP contribution < -0.4 is 15.0 Å². The van der Waals surface area contributed by atoms with Gasteiger partial charge in [0.2, 0.25) is 5.91 Å². The number of ether oxygens (including phenoxy) is 1. The molecule has 3 aromatic rings. The highest BCUT2D eigenvalue weighted by Gasteiger charge is 2.25. The van der Waals surface area contributed by atoms with Crippen LogP contribution in [0.5, 0.6) is 5.75 Å². The van der Waals surface area contributed by atoms with E-state index in [9.17, 15) is 9.18 Å². The molecule has 2 aromatic carbocycles. The van der Waals surface area contributed by atoms with Gasteiger partial charge in [-0.1, -0.05) is 24.3 Å². The summed E-state index contributed by atoms with van der Waals surface area (Å²) in [5.41, 5.74) is 2.44. The number of hydrogen-bond acceptors (Lipinski definition) is 5. The van der Waals surface area contributed by atoms with Gasteiger partial charge in [-0.3, -0.25) is 4.79 Å². The van der Waals surface area contributed by atoms with Gasteiger partial charge in [0.05, 0.1) is 12.8 Å². The molecule has 0 aliphatic carbocycles. The first-order chi connectivity index (χ1) is 15.1. The lowest BCUT2D eigenvalue weighted by atomic mass is 9.95. The molecule has 1 fully saturated rings. The minimum Gasteiger partial charge on any atom is -0.497 e. The van der Waals surface area contributed by atoms with Crippen LogP contribution >= 0.6 is 0 Å². The van der Waals surface area contributed by atoms with Crippen molar-refractivity contribution in [3.05, 3.63) is 72.3 Å². The molecule has 1 N–H and O–H groups in total. The van der Waals surface area contributed by atoms with Gasteiger partial charge in [0.15, 0.2) is 0 Å². The third-order valence-electron chi connectivity index (χ3n) is 5.59. The molecule has 2 heterocycles. The molecule has 0 unspecified atom stereocenters. The highest BCUT2D eigenvalue weighted by Crippen LogP contribution is 2.25. The van der Waals surface area contributed by atoms with Crippen LogP contribution in [0.3, 0.4) is 0 Å². The minimum atomic E-state index is -0.292. The largest absolute Gasteiger partial charge is 0.497 e. The Morgan fingerprint density at radius 1 is 1.13 bits per heavy atom. The number of rotatable bonds is 6. The molecule has 1 aromatic heterocycles. The fourth-order valence-corrected chi connectivity index (χ4v) is 3.77. The monoisotopic (exact) mass is 420 g/mol. The summed E-state index contributed by atoms with van der Waals surface area (Å²) < 4.78 is 18.7. The van der Waals surface area contributed by atoms with Gasteiger partial charge in [0.1, 0.15) is 23.7 Å². The SMILES string of the molecule is COc1ccc(CNC(=O)C2CCN(c3cc(-c4cccc(F)c4)ncn3)CC2)cc1. The molecule has 1 saturated heterocycles. The smallest absolute Gasteiger partial charge is 0.223 e. The van der Waals surface area contributed by atoms with Gasteiger partial charge in [-0.2, -0.15) is 0 Å². The number of nitrogens with zero attached hydrogens (tertiary/aromatic N) is 3. The number of methoxy groups -OCH3 is 1. The summed E-state index contributed by atoms with van der Waals surface area (Å²) in [5, 5.41) is 3.04. The van der Waals surface area contributed by atoms with Crippen molar-refractivity contribution < 1.29 is 13.9 Å². The predicted octanol–water partition coefficient (Wildman–Crippen LogP) is 3.82. The number of aromatic nitrogens is 2. The fraction of sp³-hybridized carbons (Fsp3) is 0.292. The van der Waals surface area contributed by atoms with Crippen molar-refractivity contribution in [1.82, 2.24) is 15.3 Å². The summed E-state index contributed by atoms with van der Waals surface area (Å²) in [7, 11) is 1.63. The van der Waals surface area contributed by atoms with E-state index in [1.165, 1.54) is 18.5 Å². The molecule has 0 atom stereocenters. The van der Waals surface area contributed by atoms with Gasteiger partial charge in [-0.15, -0.1) is 0 Å².